The zero-order valence-corrected chi connectivity index (χ0v) is 25.6. The van der Waals surface area contributed by atoms with Crippen molar-refractivity contribution >= 4 is 21.9 Å². The number of nitrogens with zero attached hydrogens (tertiary/aromatic N) is 3. The zero-order chi connectivity index (χ0) is 42.1. The van der Waals surface area contributed by atoms with Crippen molar-refractivity contribution in [3.05, 3.63) is 176 Å². The topological polar surface area (TPSA) is 51.8 Å². The highest BCUT2D eigenvalue weighted by molar-refractivity contribution is 6.06. The Labute approximate surface area is 299 Å². The first-order valence-corrected chi connectivity index (χ1v) is 15.5. The van der Waals surface area contributed by atoms with Crippen molar-refractivity contribution in [2.45, 2.75) is 0 Å². The van der Waals surface area contributed by atoms with Gasteiger partial charge in [-0.15, -0.1) is 0 Å². The van der Waals surface area contributed by atoms with Crippen LogP contribution in [0.5, 0.6) is 0 Å². The standard InChI is InChI=1S/C45H29N3O/c1-3-9-30(10-4-1)32-15-21-35(22-16-32)43-46-44(36-23-17-33(18-24-36)31-11-5-2-6-12-31)48-45(47-43)37-25-19-34(20-26-37)38-27-28-42-40(29-38)39-13-7-8-14-41(39)49-42/h1-29H/i7D,8D,13D,14D,19D,20D,25D,26D,27D,28D,29D. The average Bonchev–Trinajstić information content (AvgIpc) is 3.70. The van der Waals surface area contributed by atoms with Crippen LogP contribution in [-0.4, -0.2) is 15.0 Å². The Balaban J connectivity index is 1.24. The molecule has 9 aromatic rings. The smallest absolute Gasteiger partial charge is 0.164 e. The van der Waals surface area contributed by atoms with Crippen LogP contribution < -0.4 is 0 Å². The van der Waals surface area contributed by atoms with Gasteiger partial charge in [0.15, 0.2) is 17.5 Å². The van der Waals surface area contributed by atoms with E-state index in [0.29, 0.717) is 11.1 Å². The Morgan fingerprint density at radius 3 is 1.35 bits per heavy atom. The minimum Gasteiger partial charge on any atom is -0.456 e. The second-order valence-corrected chi connectivity index (χ2v) is 11.2. The van der Waals surface area contributed by atoms with Gasteiger partial charge in [-0.05, 0) is 51.5 Å². The number of para-hydroxylation sites is 1. The summed E-state index contributed by atoms with van der Waals surface area (Å²) >= 11 is 0. The van der Waals surface area contributed by atoms with Gasteiger partial charge in [0.2, 0.25) is 0 Å². The monoisotopic (exact) mass is 638 g/mol. The summed E-state index contributed by atoms with van der Waals surface area (Å²) in [6.45, 7) is 0. The number of hydrogen-bond acceptors (Lipinski definition) is 4. The maximum Gasteiger partial charge on any atom is 0.164 e. The van der Waals surface area contributed by atoms with E-state index in [9.17, 15) is 6.85 Å². The van der Waals surface area contributed by atoms with Gasteiger partial charge in [0.25, 0.3) is 0 Å². The largest absolute Gasteiger partial charge is 0.456 e. The summed E-state index contributed by atoms with van der Waals surface area (Å²) in [4.78, 5) is 14.2. The summed E-state index contributed by atoms with van der Waals surface area (Å²) in [5.74, 6) is 0.277. The molecule has 230 valence electrons. The SMILES string of the molecule is [2H]c1c([2H])c(-c2c([2H])c([2H])c3oc4c([2H])c([2H])c([2H])c([2H])c4c3c2[2H])c([2H])c([2H])c1-c1nc(-c2ccc(-c3ccccc3)cc2)nc(-c2ccc(-c3ccccc3)cc2)n1. The van der Waals surface area contributed by atoms with Gasteiger partial charge in [-0.1, -0.05) is 158 Å². The lowest BCUT2D eigenvalue weighted by molar-refractivity contribution is 0.669. The molecular formula is C45H29N3O. The van der Waals surface area contributed by atoms with E-state index >= 15 is 0 Å². The van der Waals surface area contributed by atoms with E-state index < -0.39 is 77.6 Å². The number of fused-ring (bicyclic) bond motifs is 3. The molecule has 0 aliphatic rings. The van der Waals surface area contributed by atoms with Gasteiger partial charge in [0.1, 0.15) is 11.2 Å². The van der Waals surface area contributed by atoms with Crippen molar-refractivity contribution in [1.82, 2.24) is 15.0 Å². The van der Waals surface area contributed by atoms with E-state index in [1.807, 2.05) is 109 Å². The van der Waals surface area contributed by atoms with Gasteiger partial charge < -0.3 is 4.42 Å². The lowest BCUT2D eigenvalue weighted by Crippen LogP contribution is -2.00. The molecule has 0 N–H and O–H groups in total. The van der Waals surface area contributed by atoms with Gasteiger partial charge >= 0.3 is 0 Å². The molecule has 49 heavy (non-hydrogen) atoms. The van der Waals surface area contributed by atoms with Crippen molar-refractivity contribution in [1.29, 1.82) is 0 Å². The van der Waals surface area contributed by atoms with Crippen molar-refractivity contribution in [2.75, 3.05) is 0 Å². The first-order chi connectivity index (χ1) is 28.8. The first-order valence-electron chi connectivity index (χ1n) is 21.0. The summed E-state index contributed by atoms with van der Waals surface area (Å²) in [7, 11) is 0. The third-order valence-electron chi connectivity index (χ3n) is 8.12. The second kappa shape index (κ2) is 12.2. The molecule has 0 saturated heterocycles. The van der Waals surface area contributed by atoms with Crippen LogP contribution in [0.1, 0.15) is 15.1 Å². The number of rotatable bonds is 6. The quantitative estimate of drug-likeness (QED) is 0.182. The molecule has 0 atom stereocenters. The zero-order valence-electron chi connectivity index (χ0n) is 36.6. The predicted octanol–water partition coefficient (Wildman–Crippen LogP) is 11.8. The van der Waals surface area contributed by atoms with Crippen molar-refractivity contribution in [2.24, 2.45) is 0 Å². The molecule has 2 heterocycles. The molecule has 0 fully saturated rings. The van der Waals surface area contributed by atoms with Gasteiger partial charge in [-0.2, -0.15) is 0 Å². The van der Waals surface area contributed by atoms with Gasteiger partial charge in [-0.25, -0.2) is 15.0 Å². The van der Waals surface area contributed by atoms with Gasteiger partial charge in [0, 0.05) is 27.5 Å². The maximum atomic E-state index is 9.25. The molecule has 0 spiro atoms. The van der Waals surface area contributed by atoms with E-state index in [0.717, 1.165) is 22.3 Å². The molecule has 4 heteroatoms. The molecule has 7 aromatic carbocycles. The fourth-order valence-electron chi connectivity index (χ4n) is 5.61. The summed E-state index contributed by atoms with van der Waals surface area (Å²) < 4.78 is 103. The average molecular weight is 639 g/mol. The maximum absolute atomic E-state index is 9.25. The van der Waals surface area contributed by atoms with E-state index in [4.69, 9.17) is 27.6 Å². The van der Waals surface area contributed by atoms with Crippen LogP contribution in [0.25, 0.3) is 89.5 Å². The minimum absolute atomic E-state index is 0.150. The third-order valence-corrected chi connectivity index (χ3v) is 8.12. The van der Waals surface area contributed by atoms with Crippen LogP contribution in [0.4, 0.5) is 0 Å². The minimum atomic E-state index is -0.641. The van der Waals surface area contributed by atoms with Crippen LogP contribution in [-0.2, 0) is 0 Å². The van der Waals surface area contributed by atoms with Gasteiger partial charge in [-0.3, -0.25) is 0 Å². The lowest BCUT2D eigenvalue weighted by atomic mass is 10.0. The fourth-order valence-corrected chi connectivity index (χ4v) is 5.61. The second-order valence-electron chi connectivity index (χ2n) is 11.2. The number of hydrogen-bond donors (Lipinski definition) is 0. The highest BCUT2D eigenvalue weighted by Crippen LogP contribution is 2.34. The summed E-state index contributed by atoms with van der Waals surface area (Å²) in [6, 6.07) is 28.3. The molecule has 0 bridgehead atoms. The summed E-state index contributed by atoms with van der Waals surface area (Å²) in [5.41, 5.74) is 3.37. The van der Waals surface area contributed by atoms with Crippen molar-refractivity contribution in [3.8, 4) is 67.5 Å². The van der Waals surface area contributed by atoms with Crippen LogP contribution in [0.2, 0.25) is 0 Å². The van der Waals surface area contributed by atoms with Crippen molar-refractivity contribution < 1.29 is 19.5 Å². The molecular weight excluding hydrogens is 599 g/mol. The Morgan fingerprint density at radius 1 is 0.347 bits per heavy atom. The summed E-state index contributed by atoms with van der Waals surface area (Å²) in [6.07, 6.45) is 0. The van der Waals surface area contributed by atoms with E-state index in [2.05, 4.69) is 0 Å². The first kappa shape index (κ1) is 19.2. The van der Waals surface area contributed by atoms with Crippen LogP contribution in [0.15, 0.2) is 180 Å². The fraction of sp³-hybridized carbons (Fsp3) is 0. The van der Waals surface area contributed by atoms with Crippen LogP contribution in [0.3, 0.4) is 0 Å². The molecule has 2 aromatic heterocycles. The molecule has 0 radical (unpaired) electrons. The van der Waals surface area contributed by atoms with Crippen LogP contribution >= 0.6 is 0 Å². The molecule has 0 aliphatic heterocycles. The molecule has 0 unspecified atom stereocenters. The Kier molecular flexibility index (Phi) is 4.78. The normalized spacial score (nSPS) is 14.4. The lowest BCUT2D eigenvalue weighted by Gasteiger charge is -2.10. The Hall–Kier alpha value is -6.65. The molecule has 4 nitrogen and oxygen atoms in total. The van der Waals surface area contributed by atoms with Crippen molar-refractivity contribution in [3.63, 3.8) is 0 Å². The number of aromatic nitrogens is 3. The van der Waals surface area contributed by atoms with E-state index in [1.54, 1.807) is 0 Å². The molecule has 0 saturated carbocycles. The Bertz CT molecular complexity index is 3060. The third kappa shape index (κ3) is 5.56. The molecule has 0 amide bonds. The Morgan fingerprint density at radius 2 is 0.776 bits per heavy atom. The highest BCUT2D eigenvalue weighted by atomic mass is 16.3. The van der Waals surface area contributed by atoms with Gasteiger partial charge in [0.05, 0.1) is 15.1 Å². The van der Waals surface area contributed by atoms with E-state index in [-0.39, 0.29) is 45.0 Å². The molecule has 9 rings (SSSR count). The molecule has 0 aliphatic carbocycles. The number of benzene rings is 7. The highest BCUT2D eigenvalue weighted by Gasteiger charge is 2.14. The van der Waals surface area contributed by atoms with Crippen LogP contribution in [0, 0.1) is 0 Å². The number of furan rings is 1. The predicted molar refractivity (Wildman–Crippen MR) is 200 cm³/mol. The van der Waals surface area contributed by atoms with E-state index in [1.165, 1.54) is 0 Å². The summed E-state index contributed by atoms with van der Waals surface area (Å²) in [5, 5.41) is -0.404.